The smallest absolute Gasteiger partial charge is 0.306 e. The fourth-order valence-corrected chi connectivity index (χ4v) is 2.65. The lowest BCUT2D eigenvalue weighted by molar-refractivity contribution is -0.155. The predicted molar refractivity (Wildman–Crippen MR) is 113 cm³/mol. The van der Waals surface area contributed by atoms with Gasteiger partial charge in [0.1, 0.15) is 11.6 Å². The molecule has 0 aromatic heterocycles. The summed E-state index contributed by atoms with van der Waals surface area (Å²) in [6.07, 6.45) is 2.44. The molecular formula is C22H33N3O4. The number of carbonyl (C=O) groups excluding carboxylic acids is 3. The third kappa shape index (κ3) is 11.0. The van der Waals surface area contributed by atoms with Crippen LogP contribution in [0.25, 0.3) is 0 Å². The summed E-state index contributed by atoms with van der Waals surface area (Å²) in [5.41, 5.74) is 6.50. The van der Waals surface area contributed by atoms with E-state index in [1.807, 2.05) is 18.2 Å². The summed E-state index contributed by atoms with van der Waals surface area (Å²) in [5, 5.41) is 5.27. The molecule has 7 heteroatoms. The van der Waals surface area contributed by atoms with Crippen LogP contribution in [0.3, 0.4) is 0 Å². The third-order valence-corrected chi connectivity index (χ3v) is 3.98. The van der Waals surface area contributed by atoms with Gasteiger partial charge in [-0.2, -0.15) is 0 Å². The van der Waals surface area contributed by atoms with Gasteiger partial charge in [0.25, 0.3) is 0 Å². The summed E-state index contributed by atoms with van der Waals surface area (Å²) in [4.78, 5) is 36.1. The minimum Gasteiger partial charge on any atom is -0.460 e. The lowest BCUT2D eigenvalue weighted by Gasteiger charge is -2.22. The largest absolute Gasteiger partial charge is 0.460 e. The summed E-state index contributed by atoms with van der Waals surface area (Å²) in [6.45, 7) is 8.95. The molecule has 0 aliphatic rings. The molecule has 2 amide bonds. The van der Waals surface area contributed by atoms with Crippen molar-refractivity contribution in [2.24, 2.45) is 5.73 Å². The highest BCUT2D eigenvalue weighted by molar-refractivity contribution is 5.89. The number of hydrogen-bond acceptors (Lipinski definition) is 5. The molecule has 1 rings (SSSR count). The first-order valence-corrected chi connectivity index (χ1v) is 9.84. The van der Waals surface area contributed by atoms with Crippen molar-refractivity contribution in [3.8, 4) is 0 Å². The summed E-state index contributed by atoms with van der Waals surface area (Å²) >= 11 is 0. The van der Waals surface area contributed by atoms with Gasteiger partial charge in [-0.15, -0.1) is 0 Å². The van der Waals surface area contributed by atoms with Crippen molar-refractivity contribution in [3.63, 3.8) is 0 Å². The van der Waals surface area contributed by atoms with Crippen LogP contribution in [0.2, 0.25) is 0 Å². The van der Waals surface area contributed by atoms with Crippen molar-refractivity contribution in [2.45, 2.75) is 64.5 Å². The number of esters is 1. The molecule has 0 radical (unpaired) electrons. The van der Waals surface area contributed by atoms with Gasteiger partial charge >= 0.3 is 5.97 Å². The molecule has 7 nitrogen and oxygen atoms in total. The summed E-state index contributed by atoms with van der Waals surface area (Å²) in [5.74, 6) is -1.32. The van der Waals surface area contributed by atoms with E-state index in [9.17, 15) is 14.4 Å². The summed E-state index contributed by atoms with van der Waals surface area (Å²) < 4.78 is 5.25. The van der Waals surface area contributed by atoms with Gasteiger partial charge < -0.3 is 21.1 Å². The van der Waals surface area contributed by atoms with Crippen LogP contribution in [0, 0.1) is 0 Å². The van der Waals surface area contributed by atoms with E-state index in [4.69, 9.17) is 10.5 Å². The number of allylic oxidation sites excluding steroid dienone is 1. The van der Waals surface area contributed by atoms with E-state index in [0.717, 1.165) is 12.8 Å². The van der Waals surface area contributed by atoms with Gasteiger partial charge in [0.15, 0.2) is 0 Å². The van der Waals surface area contributed by atoms with Crippen molar-refractivity contribution < 1.29 is 19.1 Å². The van der Waals surface area contributed by atoms with Gasteiger partial charge in [-0.05, 0) is 52.0 Å². The second-order valence-electron chi connectivity index (χ2n) is 7.88. The number of nitrogens with two attached hydrogens (primary N) is 1. The van der Waals surface area contributed by atoms with Crippen LogP contribution >= 0.6 is 0 Å². The van der Waals surface area contributed by atoms with Crippen molar-refractivity contribution in [2.75, 3.05) is 6.54 Å². The first-order chi connectivity index (χ1) is 13.6. The van der Waals surface area contributed by atoms with E-state index < -0.39 is 29.4 Å². The number of amides is 2. The maximum absolute atomic E-state index is 12.6. The Bertz CT molecular complexity index is 696. The molecule has 0 saturated heterocycles. The van der Waals surface area contributed by atoms with Crippen molar-refractivity contribution >= 4 is 17.8 Å². The molecule has 0 bridgehead atoms. The molecule has 0 aliphatic heterocycles. The molecule has 160 valence electrons. The topological polar surface area (TPSA) is 111 Å². The Balaban J connectivity index is 2.53. The second-order valence-corrected chi connectivity index (χ2v) is 7.88. The monoisotopic (exact) mass is 403 g/mol. The van der Waals surface area contributed by atoms with Crippen molar-refractivity contribution in [3.05, 3.63) is 48.2 Å². The molecule has 0 aliphatic carbocycles. The molecule has 0 heterocycles. The van der Waals surface area contributed by atoms with E-state index in [1.165, 1.54) is 5.56 Å². The zero-order valence-corrected chi connectivity index (χ0v) is 17.6. The molecule has 0 fully saturated rings. The molecule has 1 aromatic carbocycles. The number of benzene rings is 1. The molecule has 1 unspecified atom stereocenters. The van der Waals surface area contributed by atoms with E-state index in [1.54, 1.807) is 20.8 Å². The lowest BCUT2D eigenvalue weighted by Crippen LogP contribution is -2.48. The van der Waals surface area contributed by atoms with Gasteiger partial charge in [-0.25, -0.2) is 0 Å². The maximum atomic E-state index is 12.6. The van der Waals surface area contributed by atoms with Crippen LogP contribution in [0.5, 0.6) is 0 Å². The molecule has 1 aromatic rings. The Morgan fingerprint density at radius 2 is 1.79 bits per heavy atom. The van der Waals surface area contributed by atoms with Crippen molar-refractivity contribution in [1.82, 2.24) is 10.6 Å². The average Bonchev–Trinajstić information content (AvgIpc) is 2.64. The minimum atomic E-state index is -0.885. The first-order valence-electron chi connectivity index (χ1n) is 9.84. The Kier molecular flexibility index (Phi) is 10.1. The SMILES string of the molecule is C=C(CCCc1ccccc1)NC(=O)C(CCC(=O)OC(C)(C)C)NC(=O)CN. The molecule has 4 N–H and O–H groups in total. The molecule has 0 saturated carbocycles. The zero-order chi connectivity index (χ0) is 21.9. The number of carbonyl (C=O) groups is 3. The maximum Gasteiger partial charge on any atom is 0.306 e. The van der Waals surface area contributed by atoms with Crippen LogP contribution in [-0.2, 0) is 25.5 Å². The van der Waals surface area contributed by atoms with Crippen LogP contribution in [0.4, 0.5) is 0 Å². The molecular weight excluding hydrogens is 370 g/mol. The number of nitrogens with one attached hydrogen (secondary N) is 2. The van der Waals surface area contributed by atoms with E-state index in [-0.39, 0.29) is 19.4 Å². The molecule has 1 atom stereocenters. The lowest BCUT2D eigenvalue weighted by atomic mass is 10.1. The quantitative estimate of drug-likeness (QED) is 0.491. The van der Waals surface area contributed by atoms with Crippen LogP contribution < -0.4 is 16.4 Å². The van der Waals surface area contributed by atoms with Gasteiger partial charge in [0.2, 0.25) is 11.8 Å². The highest BCUT2D eigenvalue weighted by Gasteiger charge is 2.23. The van der Waals surface area contributed by atoms with E-state index in [2.05, 4.69) is 29.3 Å². The second kappa shape index (κ2) is 12.0. The Hall–Kier alpha value is -2.67. The standard InChI is InChI=1S/C22H33N3O4/c1-16(9-8-12-17-10-6-5-7-11-17)24-21(28)18(25-19(26)15-23)13-14-20(27)29-22(2,3)4/h5-7,10-11,18H,1,8-9,12-15,23H2,2-4H3,(H,24,28)(H,25,26). The summed E-state index contributed by atoms with van der Waals surface area (Å²) in [6, 6.07) is 9.16. The Labute approximate surface area is 173 Å². The van der Waals surface area contributed by atoms with Gasteiger partial charge in [0, 0.05) is 12.1 Å². The highest BCUT2D eigenvalue weighted by Crippen LogP contribution is 2.11. The average molecular weight is 404 g/mol. The van der Waals surface area contributed by atoms with Crippen LogP contribution in [0.15, 0.2) is 42.6 Å². The third-order valence-electron chi connectivity index (χ3n) is 3.98. The van der Waals surface area contributed by atoms with Gasteiger partial charge in [-0.1, -0.05) is 36.9 Å². The fraction of sp³-hybridized carbons (Fsp3) is 0.500. The minimum absolute atomic E-state index is 0.000686. The molecule has 29 heavy (non-hydrogen) atoms. The van der Waals surface area contributed by atoms with Gasteiger partial charge in [-0.3, -0.25) is 14.4 Å². The summed E-state index contributed by atoms with van der Waals surface area (Å²) in [7, 11) is 0. The molecule has 0 spiro atoms. The number of rotatable bonds is 11. The normalized spacial score (nSPS) is 12.0. The number of hydrogen-bond donors (Lipinski definition) is 3. The number of aryl methyl sites for hydroxylation is 1. The predicted octanol–water partition coefficient (Wildman–Crippen LogP) is 2.20. The van der Waals surface area contributed by atoms with Crippen molar-refractivity contribution in [1.29, 1.82) is 0 Å². The Morgan fingerprint density at radius 3 is 2.38 bits per heavy atom. The van der Waals surface area contributed by atoms with E-state index in [0.29, 0.717) is 12.1 Å². The van der Waals surface area contributed by atoms with E-state index >= 15 is 0 Å². The van der Waals surface area contributed by atoms with Crippen LogP contribution in [-0.4, -0.2) is 36.0 Å². The zero-order valence-electron chi connectivity index (χ0n) is 17.6. The first kappa shape index (κ1) is 24.4. The number of ether oxygens (including phenoxy) is 1. The Morgan fingerprint density at radius 1 is 1.14 bits per heavy atom. The van der Waals surface area contributed by atoms with Crippen LogP contribution in [0.1, 0.15) is 52.0 Å². The fourth-order valence-electron chi connectivity index (χ4n) is 2.65. The van der Waals surface area contributed by atoms with Gasteiger partial charge in [0.05, 0.1) is 6.54 Å². The highest BCUT2D eigenvalue weighted by atomic mass is 16.6.